The van der Waals surface area contributed by atoms with Crippen LogP contribution >= 0.6 is 11.8 Å². The van der Waals surface area contributed by atoms with Crippen molar-refractivity contribution in [3.8, 4) is 0 Å². The predicted octanol–water partition coefficient (Wildman–Crippen LogP) is 3.18. The fourth-order valence-electron chi connectivity index (χ4n) is 4.36. The molecule has 10 nitrogen and oxygen atoms in total. The number of thioether (sulfide) groups is 1. The minimum Gasteiger partial charge on any atom is -0.457 e. The van der Waals surface area contributed by atoms with Gasteiger partial charge in [0.2, 0.25) is 11.8 Å². The second-order valence-electron chi connectivity index (χ2n) is 9.90. The van der Waals surface area contributed by atoms with E-state index in [-0.39, 0.29) is 25.4 Å². The van der Waals surface area contributed by atoms with E-state index in [2.05, 4.69) is 5.32 Å². The lowest BCUT2D eigenvalue weighted by atomic mass is 10.0. The summed E-state index contributed by atoms with van der Waals surface area (Å²) in [7, 11) is 0. The van der Waals surface area contributed by atoms with Gasteiger partial charge in [-0.3, -0.25) is 19.3 Å². The molecule has 0 aliphatic carbocycles. The third-order valence-corrected chi connectivity index (χ3v) is 7.55. The number of likely N-dealkylation sites (N-methyl/N-ethyl adjacent to an activating group) is 1. The standard InChI is InChI=1S/C30H37N3O7S/c1-5-32(30(38)39-17-23-14-10-7-11-15-23)21(4)28(36)33-19-41-18-25(33)27(35)31-24(16-22-12-8-6-9-13-22)26(34)29(37)40-20(2)3/h6-15,20-21,24-25H,5,16-19H2,1-4H3,(H,31,35)/t21-,24-,25-/m0/s1. The maximum atomic E-state index is 13.5. The van der Waals surface area contributed by atoms with E-state index < -0.39 is 53.9 Å². The number of amides is 3. The number of carbonyl (C=O) groups is 5. The Morgan fingerprint density at radius 1 is 0.976 bits per heavy atom. The zero-order valence-corrected chi connectivity index (χ0v) is 24.6. The second-order valence-corrected chi connectivity index (χ2v) is 10.9. The highest BCUT2D eigenvalue weighted by Gasteiger charge is 2.40. The van der Waals surface area contributed by atoms with Crippen LogP contribution in [0.1, 0.15) is 38.8 Å². The minimum atomic E-state index is -1.17. The lowest BCUT2D eigenvalue weighted by Crippen LogP contribution is -2.57. The van der Waals surface area contributed by atoms with Crippen LogP contribution in [0, 0.1) is 0 Å². The average Bonchev–Trinajstić information content (AvgIpc) is 3.46. The number of hydrogen-bond donors (Lipinski definition) is 1. The Kier molecular flexibility index (Phi) is 11.8. The van der Waals surface area contributed by atoms with E-state index in [4.69, 9.17) is 9.47 Å². The fraction of sp³-hybridized carbons (Fsp3) is 0.433. The molecule has 1 fully saturated rings. The van der Waals surface area contributed by atoms with E-state index in [1.54, 1.807) is 52.0 Å². The summed E-state index contributed by atoms with van der Waals surface area (Å²) in [4.78, 5) is 67.9. The van der Waals surface area contributed by atoms with Crippen LogP contribution in [0.3, 0.4) is 0 Å². The van der Waals surface area contributed by atoms with Crippen LogP contribution in [0.2, 0.25) is 0 Å². The smallest absolute Gasteiger partial charge is 0.410 e. The Morgan fingerprint density at radius 2 is 1.59 bits per heavy atom. The lowest BCUT2D eigenvalue weighted by Gasteiger charge is -2.32. The van der Waals surface area contributed by atoms with Gasteiger partial charge in [-0.1, -0.05) is 60.7 Å². The number of benzene rings is 2. The molecule has 11 heteroatoms. The van der Waals surface area contributed by atoms with Crippen molar-refractivity contribution in [2.24, 2.45) is 0 Å². The van der Waals surface area contributed by atoms with Crippen LogP contribution in [0.4, 0.5) is 4.79 Å². The summed E-state index contributed by atoms with van der Waals surface area (Å²) >= 11 is 1.39. The fourth-order valence-corrected chi connectivity index (χ4v) is 5.52. The van der Waals surface area contributed by atoms with Crippen molar-refractivity contribution in [1.29, 1.82) is 0 Å². The van der Waals surface area contributed by atoms with E-state index in [0.29, 0.717) is 5.75 Å². The summed E-state index contributed by atoms with van der Waals surface area (Å²) in [5.41, 5.74) is 1.57. The van der Waals surface area contributed by atoms with Gasteiger partial charge in [0.1, 0.15) is 24.7 Å². The third-order valence-electron chi connectivity index (χ3n) is 6.53. The first-order valence-corrected chi connectivity index (χ1v) is 14.7. The molecule has 0 unspecified atom stereocenters. The molecule has 3 atom stereocenters. The monoisotopic (exact) mass is 583 g/mol. The normalized spacial score (nSPS) is 16.0. The summed E-state index contributed by atoms with van der Waals surface area (Å²) < 4.78 is 10.5. The van der Waals surface area contributed by atoms with Crippen LogP contribution in [0.5, 0.6) is 0 Å². The summed E-state index contributed by atoms with van der Waals surface area (Å²) in [6.45, 7) is 6.90. The Bertz CT molecular complexity index is 1210. The minimum absolute atomic E-state index is 0.0672. The van der Waals surface area contributed by atoms with Gasteiger partial charge in [0.05, 0.1) is 12.0 Å². The van der Waals surface area contributed by atoms with E-state index in [0.717, 1.165) is 11.1 Å². The molecule has 2 aromatic rings. The van der Waals surface area contributed by atoms with Gasteiger partial charge in [-0.15, -0.1) is 11.8 Å². The van der Waals surface area contributed by atoms with Crippen molar-refractivity contribution in [3.63, 3.8) is 0 Å². The Labute approximate surface area is 244 Å². The van der Waals surface area contributed by atoms with Crippen molar-refractivity contribution in [2.75, 3.05) is 18.2 Å². The number of esters is 1. The number of rotatable bonds is 12. The van der Waals surface area contributed by atoms with E-state index >= 15 is 0 Å². The topological polar surface area (TPSA) is 122 Å². The van der Waals surface area contributed by atoms with Gasteiger partial charge in [0.15, 0.2) is 0 Å². The molecule has 3 amide bonds. The number of Topliss-reactive ketones (excluding diaryl/α,β-unsaturated/α-hetero) is 1. The van der Waals surface area contributed by atoms with Crippen LogP contribution in [-0.2, 0) is 41.7 Å². The summed E-state index contributed by atoms with van der Waals surface area (Å²) in [6.07, 6.45) is -1.05. The van der Waals surface area contributed by atoms with Gasteiger partial charge in [-0.25, -0.2) is 9.59 Å². The number of ether oxygens (including phenoxy) is 2. The molecule has 1 N–H and O–H groups in total. The molecule has 1 aliphatic heterocycles. The highest BCUT2D eigenvalue weighted by Crippen LogP contribution is 2.24. The summed E-state index contributed by atoms with van der Waals surface area (Å²) in [5, 5.41) is 2.69. The van der Waals surface area contributed by atoms with Gasteiger partial charge in [0.25, 0.3) is 5.78 Å². The number of carbonyl (C=O) groups excluding carboxylic acids is 5. The highest BCUT2D eigenvalue weighted by molar-refractivity contribution is 7.99. The van der Waals surface area contributed by atoms with Crippen LogP contribution < -0.4 is 5.32 Å². The van der Waals surface area contributed by atoms with Crippen molar-refractivity contribution >= 4 is 41.4 Å². The largest absolute Gasteiger partial charge is 0.457 e. The number of hydrogen-bond acceptors (Lipinski definition) is 8. The summed E-state index contributed by atoms with van der Waals surface area (Å²) in [6, 6.07) is 15.3. The van der Waals surface area contributed by atoms with Gasteiger partial charge in [-0.05, 0) is 38.8 Å². The number of nitrogens with zero attached hydrogens (tertiary/aromatic N) is 2. The van der Waals surface area contributed by atoms with Gasteiger partial charge in [-0.2, -0.15) is 0 Å². The molecule has 0 spiro atoms. The SMILES string of the molecule is CCN(C(=O)OCc1ccccc1)[C@@H](C)C(=O)N1CSC[C@H]1C(=O)N[C@@H](Cc1ccccc1)C(=O)C(=O)OC(C)C. The molecule has 3 rings (SSSR count). The molecule has 1 saturated heterocycles. The van der Waals surface area contributed by atoms with E-state index in [9.17, 15) is 24.0 Å². The first-order valence-electron chi connectivity index (χ1n) is 13.6. The van der Waals surface area contributed by atoms with Gasteiger partial charge in [0, 0.05) is 18.7 Å². The Morgan fingerprint density at radius 3 is 2.17 bits per heavy atom. The molecule has 1 heterocycles. The number of nitrogens with one attached hydrogen (secondary N) is 1. The van der Waals surface area contributed by atoms with Crippen molar-refractivity contribution < 1.29 is 33.4 Å². The van der Waals surface area contributed by atoms with Crippen LogP contribution in [0.15, 0.2) is 60.7 Å². The zero-order chi connectivity index (χ0) is 29.9. The van der Waals surface area contributed by atoms with E-state index in [1.807, 2.05) is 36.4 Å². The predicted molar refractivity (Wildman–Crippen MR) is 155 cm³/mol. The van der Waals surface area contributed by atoms with Crippen molar-refractivity contribution in [1.82, 2.24) is 15.1 Å². The Balaban J connectivity index is 1.70. The first-order chi connectivity index (χ1) is 19.6. The molecule has 220 valence electrons. The molecule has 0 radical (unpaired) electrons. The molecule has 0 aromatic heterocycles. The van der Waals surface area contributed by atoms with Crippen LogP contribution in [-0.4, -0.2) is 81.9 Å². The maximum absolute atomic E-state index is 13.5. The zero-order valence-electron chi connectivity index (χ0n) is 23.8. The highest BCUT2D eigenvalue weighted by atomic mass is 32.2. The average molecular weight is 584 g/mol. The lowest BCUT2D eigenvalue weighted by molar-refractivity contribution is -0.158. The molecule has 41 heavy (non-hydrogen) atoms. The second kappa shape index (κ2) is 15.2. The molecular weight excluding hydrogens is 546 g/mol. The summed E-state index contributed by atoms with van der Waals surface area (Å²) in [5.74, 6) is -2.33. The molecular formula is C30H37N3O7S. The molecule has 0 bridgehead atoms. The molecule has 0 saturated carbocycles. The number of ketones is 1. The first kappa shape index (κ1) is 31.7. The van der Waals surface area contributed by atoms with E-state index in [1.165, 1.54) is 21.6 Å². The van der Waals surface area contributed by atoms with Gasteiger partial charge >= 0.3 is 12.1 Å². The van der Waals surface area contributed by atoms with Gasteiger partial charge < -0.3 is 19.7 Å². The molecule has 2 aromatic carbocycles. The third kappa shape index (κ3) is 8.81. The quantitative estimate of drug-likeness (QED) is 0.299. The molecule has 1 aliphatic rings. The van der Waals surface area contributed by atoms with Crippen LogP contribution in [0.25, 0.3) is 0 Å². The van der Waals surface area contributed by atoms with Crippen molar-refractivity contribution in [3.05, 3.63) is 71.8 Å². The Hall–Kier alpha value is -3.86. The maximum Gasteiger partial charge on any atom is 0.410 e. The van der Waals surface area contributed by atoms with Crippen molar-refractivity contribution in [2.45, 2.75) is 65.0 Å².